The van der Waals surface area contributed by atoms with Crippen molar-refractivity contribution in [1.29, 1.82) is 0 Å². The molecule has 1 aliphatic rings. The third-order valence-electron chi connectivity index (χ3n) is 6.02. The summed E-state index contributed by atoms with van der Waals surface area (Å²) in [7, 11) is 0. The second kappa shape index (κ2) is 12.5. The lowest BCUT2D eigenvalue weighted by atomic mass is 9.98. The van der Waals surface area contributed by atoms with E-state index >= 15 is 0 Å². The lowest BCUT2D eigenvalue weighted by Gasteiger charge is -2.22. The maximum atomic E-state index is 12.8. The molecule has 182 valence electrons. The molecule has 0 saturated carbocycles. The molecule has 8 heteroatoms. The summed E-state index contributed by atoms with van der Waals surface area (Å²) in [5.74, 6) is -1.03. The van der Waals surface area contributed by atoms with Crippen molar-refractivity contribution in [3.63, 3.8) is 0 Å². The molecule has 2 aromatic carbocycles. The number of ether oxygens (including phenoxy) is 1. The Bertz CT molecular complexity index is 967. The van der Waals surface area contributed by atoms with Crippen molar-refractivity contribution < 1.29 is 24.2 Å². The maximum Gasteiger partial charge on any atom is 0.407 e. The maximum absolute atomic E-state index is 12.8. The highest BCUT2D eigenvalue weighted by Gasteiger charge is 2.30. The second-order valence-corrected chi connectivity index (χ2v) is 9.33. The summed E-state index contributed by atoms with van der Waals surface area (Å²) in [4.78, 5) is 37.0. The predicted molar refractivity (Wildman–Crippen MR) is 134 cm³/mol. The van der Waals surface area contributed by atoms with Gasteiger partial charge in [-0.15, -0.1) is 0 Å². The van der Waals surface area contributed by atoms with Crippen LogP contribution in [0.25, 0.3) is 11.1 Å². The van der Waals surface area contributed by atoms with Gasteiger partial charge in [0.2, 0.25) is 5.91 Å². The highest BCUT2D eigenvalue weighted by atomic mass is 32.2. The first-order chi connectivity index (χ1) is 16.5. The number of carboxylic acids is 1. The van der Waals surface area contributed by atoms with Gasteiger partial charge in [0.05, 0.1) is 0 Å². The van der Waals surface area contributed by atoms with Crippen molar-refractivity contribution in [1.82, 2.24) is 10.6 Å². The van der Waals surface area contributed by atoms with Crippen LogP contribution < -0.4 is 10.6 Å². The van der Waals surface area contributed by atoms with Crippen LogP contribution in [0, 0.1) is 0 Å². The Morgan fingerprint density at radius 3 is 2.15 bits per heavy atom. The molecule has 0 fully saturated rings. The van der Waals surface area contributed by atoms with E-state index in [1.54, 1.807) is 11.8 Å². The van der Waals surface area contributed by atoms with Crippen LogP contribution in [0.4, 0.5) is 4.79 Å². The number of unbranched alkanes of at least 4 members (excludes halogenated alkanes) is 1. The zero-order valence-corrected chi connectivity index (χ0v) is 20.4. The largest absolute Gasteiger partial charge is 0.480 e. The first kappa shape index (κ1) is 25.6. The topological polar surface area (TPSA) is 105 Å². The summed E-state index contributed by atoms with van der Waals surface area (Å²) in [6.45, 7) is 2.10. The number of hydrogen-bond donors (Lipinski definition) is 3. The number of benzene rings is 2. The van der Waals surface area contributed by atoms with Gasteiger partial charge in [-0.1, -0.05) is 68.3 Å². The molecule has 0 radical (unpaired) electrons. The fourth-order valence-electron chi connectivity index (χ4n) is 4.22. The average molecular weight is 485 g/mol. The molecule has 0 aliphatic heterocycles. The molecule has 0 bridgehead atoms. The van der Waals surface area contributed by atoms with E-state index in [1.807, 2.05) is 49.6 Å². The molecular formula is C26H32N2O5S. The Labute approximate surface area is 204 Å². The van der Waals surface area contributed by atoms with Crippen LogP contribution in [-0.2, 0) is 14.3 Å². The van der Waals surface area contributed by atoms with Gasteiger partial charge in [0, 0.05) is 5.92 Å². The number of fused-ring (bicyclic) bond motifs is 3. The standard InChI is InChI=1S/C26H32N2O5S/c1-3-4-13-23(25(30)31)27-24(29)22(14-15-34-2)28-26(32)33-16-21-19-11-7-5-9-17(19)18-10-6-8-12-20(18)21/h5-12,21-23H,3-4,13-16H2,1-2H3,(H,27,29)(H,28,32)(H,30,31)/t22-,23+/m1/s1. The van der Waals surface area contributed by atoms with Crippen LogP contribution in [0.1, 0.15) is 49.7 Å². The van der Waals surface area contributed by atoms with Crippen molar-refractivity contribution in [3.8, 4) is 11.1 Å². The number of nitrogens with one attached hydrogen (secondary N) is 2. The molecule has 2 amide bonds. The number of alkyl carbamates (subject to hydrolysis) is 1. The zero-order chi connectivity index (χ0) is 24.5. The summed E-state index contributed by atoms with van der Waals surface area (Å²) in [6, 6.07) is 14.3. The molecule has 0 heterocycles. The predicted octanol–water partition coefficient (Wildman–Crippen LogP) is 4.41. The Kier molecular flexibility index (Phi) is 9.39. The lowest BCUT2D eigenvalue weighted by Crippen LogP contribution is -2.52. The molecule has 2 aromatic rings. The Morgan fingerprint density at radius 2 is 1.59 bits per heavy atom. The van der Waals surface area contributed by atoms with Crippen molar-refractivity contribution in [3.05, 3.63) is 59.7 Å². The molecular weight excluding hydrogens is 452 g/mol. The SMILES string of the molecule is CCCC[C@H](NC(=O)[C@@H](CCSC)NC(=O)OCC1c2ccccc2-c2ccccc21)C(=O)O. The molecule has 0 spiro atoms. The van der Waals surface area contributed by atoms with E-state index in [4.69, 9.17) is 4.74 Å². The van der Waals surface area contributed by atoms with Crippen LogP contribution in [0.5, 0.6) is 0 Å². The number of thioether (sulfide) groups is 1. The Hall–Kier alpha value is -3.00. The van der Waals surface area contributed by atoms with E-state index in [0.29, 0.717) is 25.0 Å². The summed E-state index contributed by atoms with van der Waals surface area (Å²) >= 11 is 1.54. The number of carbonyl (C=O) groups excluding carboxylic acids is 2. The first-order valence-corrected chi connectivity index (χ1v) is 13.0. The molecule has 1 aliphatic carbocycles. The second-order valence-electron chi connectivity index (χ2n) is 8.35. The molecule has 34 heavy (non-hydrogen) atoms. The highest BCUT2D eigenvalue weighted by Crippen LogP contribution is 2.44. The fraction of sp³-hybridized carbons (Fsp3) is 0.423. The van der Waals surface area contributed by atoms with Gasteiger partial charge in [-0.25, -0.2) is 9.59 Å². The van der Waals surface area contributed by atoms with Gasteiger partial charge in [0.25, 0.3) is 0 Å². The number of carbonyl (C=O) groups is 3. The van der Waals surface area contributed by atoms with Crippen LogP contribution in [-0.4, -0.2) is 53.8 Å². The van der Waals surface area contributed by atoms with E-state index in [1.165, 1.54) is 0 Å². The fourth-order valence-corrected chi connectivity index (χ4v) is 4.70. The Morgan fingerprint density at radius 1 is 0.971 bits per heavy atom. The van der Waals surface area contributed by atoms with Gasteiger partial charge in [-0.05, 0) is 47.1 Å². The van der Waals surface area contributed by atoms with E-state index in [-0.39, 0.29) is 12.5 Å². The van der Waals surface area contributed by atoms with E-state index in [0.717, 1.165) is 28.7 Å². The van der Waals surface area contributed by atoms with Crippen LogP contribution in [0.2, 0.25) is 0 Å². The Balaban J connectivity index is 1.64. The minimum absolute atomic E-state index is 0.0814. The molecule has 0 aromatic heterocycles. The van der Waals surface area contributed by atoms with Crippen LogP contribution >= 0.6 is 11.8 Å². The van der Waals surface area contributed by atoms with E-state index in [9.17, 15) is 19.5 Å². The minimum atomic E-state index is -1.08. The smallest absolute Gasteiger partial charge is 0.407 e. The van der Waals surface area contributed by atoms with Crippen molar-refractivity contribution in [2.24, 2.45) is 0 Å². The third kappa shape index (κ3) is 6.32. The van der Waals surface area contributed by atoms with Crippen molar-refractivity contribution >= 4 is 29.7 Å². The van der Waals surface area contributed by atoms with Gasteiger partial charge in [0.1, 0.15) is 18.7 Å². The van der Waals surface area contributed by atoms with Gasteiger partial charge in [0.15, 0.2) is 0 Å². The molecule has 0 unspecified atom stereocenters. The van der Waals surface area contributed by atoms with E-state index in [2.05, 4.69) is 22.8 Å². The number of aliphatic carboxylic acids is 1. The average Bonchev–Trinajstić information content (AvgIpc) is 3.16. The molecule has 7 nitrogen and oxygen atoms in total. The molecule has 0 saturated heterocycles. The number of hydrogen-bond acceptors (Lipinski definition) is 5. The van der Waals surface area contributed by atoms with Gasteiger partial charge >= 0.3 is 12.1 Å². The number of rotatable bonds is 12. The first-order valence-electron chi connectivity index (χ1n) is 11.6. The van der Waals surface area contributed by atoms with Crippen LogP contribution in [0.15, 0.2) is 48.5 Å². The lowest BCUT2D eigenvalue weighted by molar-refractivity contribution is -0.142. The summed E-state index contributed by atoms with van der Waals surface area (Å²) < 4.78 is 5.56. The molecule has 2 atom stereocenters. The van der Waals surface area contributed by atoms with Gasteiger partial charge in [-0.3, -0.25) is 4.79 Å². The van der Waals surface area contributed by atoms with Gasteiger partial charge in [-0.2, -0.15) is 11.8 Å². The molecule has 3 rings (SSSR count). The summed E-state index contributed by atoms with van der Waals surface area (Å²) in [6.07, 6.45) is 3.45. The normalized spacial score (nSPS) is 13.9. The third-order valence-corrected chi connectivity index (χ3v) is 6.67. The highest BCUT2D eigenvalue weighted by molar-refractivity contribution is 7.98. The number of carboxylic acid groups (broad SMARTS) is 1. The van der Waals surface area contributed by atoms with E-state index < -0.39 is 30.1 Å². The summed E-state index contributed by atoms with van der Waals surface area (Å²) in [5, 5.41) is 14.6. The summed E-state index contributed by atoms with van der Waals surface area (Å²) in [5.41, 5.74) is 4.48. The van der Waals surface area contributed by atoms with Crippen molar-refractivity contribution in [2.75, 3.05) is 18.6 Å². The molecule has 3 N–H and O–H groups in total. The monoisotopic (exact) mass is 484 g/mol. The minimum Gasteiger partial charge on any atom is -0.480 e. The quantitative estimate of drug-likeness (QED) is 0.412. The van der Waals surface area contributed by atoms with Crippen LogP contribution in [0.3, 0.4) is 0 Å². The zero-order valence-electron chi connectivity index (χ0n) is 19.6. The van der Waals surface area contributed by atoms with Crippen molar-refractivity contribution in [2.45, 2.75) is 50.6 Å². The number of amides is 2. The van der Waals surface area contributed by atoms with Gasteiger partial charge < -0.3 is 20.5 Å².